The second-order valence-corrected chi connectivity index (χ2v) is 3.49. The maximum absolute atomic E-state index is 11.1. The molecule has 0 unspecified atom stereocenters. The fraction of sp³-hybridized carbons (Fsp3) is 0.222. The molecule has 0 aliphatic carbocycles. The summed E-state index contributed by atoms with van der Waals surface area (Å²) in [5.74, 6) is -0.511. The van der Waals surface area contributed by atoms with Gasteiger partial charge in [-0.05, 0) is 17.7 Å². The highest BCUT2D eigenvalue weighted by Gasteiger charge is 2.16. The molecule has 0 bridgehead atoms. The minimum absolute atomic E-state index is 0. The van der Waals surface area contributed by atoms with Gasteiger partial charge in [0.2, 0.25) is 0 Å². The van der Waals surface area contributed by atoms with Crippen molar-refractivity contribution >= 4 is 41.6 Å². The van der Waals surface area contributed by atoms with E-state index >= 15 is 0 Å². The van der Waals surface area contributed by atoms with Gasteiger partial charge in [0.05, 0.1) is 17.2 Å². The number of hydrogen-bond donors (Lipinski definition) is 1. The summed E-state index contributed by atoms with van der Waals surface area (Å²) in [6.45, 7) is 0. The zero-order chi connectivity index (χ0) is 10.7. The second-order valence-electron chi connectivity index (χ2n) is 2.67. The van der Waals surface area contributed by atoms with Gasteiger partial charge in [-0.1, -0.05) is 29.3 Å². The molecule has 0 saturated heterocycles. The van der Waals surface area contributed by atoms with Crippen LogP contribution in [0.2, 0.25) is 10.0 Å². The highest BCUT2D eigenvalue weighted by atomic mass is 35.5. The zero-order valence-electron chi connectivity index (χ0n) is 7.87. The minimum atomic E-state index is -0.824. The predicted octanol–water partition coefficient (Wildman–Crippen LogP) is 2.59. The number of ether oxygens (including phenoxy) is 1. The summed E-state index contributed by atoms with van der Waals surface area (Å²) < 4.78 is 4.50. The van der Waals surface area contributed by atoms with Crippen molar-refractivity contribution in [1.82, 2.24) is 0 Å². The SMILES string of the molecule is COC(=O)[C@H](N)c1ccc(Cl)c(Cl)c1.Cl. The van der Waals surface area contributed by atoms with Crippen molar-refractivity contribution in [2.75, 3.05) is 7.11 Å². The number of methoxy groups -OCH3 is 1. The standard InChI is InChI=1S/C9H9Cl2NO2.ClH/c1-14-9(13)8(12)5-2-3-6(10)7(11)4-5;/h2-4,8H,12H2,1H3;1H/t8-;/m1./s1. The maximum atomic E-state index is 11.1. The predicted molar refractivity (Wildman–Crippen MR) is 62.7 cm³/mol. The van der Waals surface area contributed by atoms with Gasteiger partial charge in [0.25, 0.3) is 0 Å². The number of hydrogen-bond acceptors (Lipinski definition) is 3. The molecule has 84 valence electrons. The highest BCUT2D eigenvalue weighted by Crippen LogP contribution is 2.25. The minimum Gasteiger partial charge on any atom is -0.468 e. The fourth-order valence-electron chi connectivity index (χ4n) is 0.969. The summed E-state index contributed by atoms with van der Waals surface area (Å²) >= 11 is 11.5. The summed E-state index contributed by atoms with van der Waals surface area (Å²) in [7, 11) is 1.28. The van der Waals surface area contributed by atoms with E-state index in [1.54, 1.807) is 18.2 Å². The molecule has 0 amide bonds. The van der Waals surface area contributed by atoms with E-state index < -0.39 is 12.0 Å². The van der Waals surface area contributed by atoms with Gasteiger partial charge in [-0.25, -0.2) is 0 Å². The molecule has 0 radical (unpaired) electrons. The van der Waals surface area contributed by atoms with E-state index in [2.05, 4.69) is 4.74 Å². The summed E-state index contributed by atoms with van der Waals surface area (Å²) in [4.78, 5) is 11.1. The fourth-order valence-corrected chi connectivity index (χ4v) is 1.28. The monoisotopic (exact) mass is 269 g/mol. The van der Waals surface area contributed by atoms with E-state index in [-0.39, 0.29) is 12.4 Å². The molecule has 0 fully saturated rings. The first-order valence-electron chi connectivity index (χ1n) is 3.84. The molecule has 1 aromatic rings. The second kappa shape index (κ2) is 6.18. The number of rotatable bonds is 2. The van der Waals surface area contributed by atoms with Crippen LogP contribution in [0, 0.1) is 0 Å². The molecule has 1 atom stereocenters. The van der Waals surface area contributed by atoms with Crippen LogP contribution in [0.25, 0.3) is 0 Å². The Morgan fingerprint density at radius 1 is 1.40 bits per heavy atom. The van der Waals surface area contributed by atoms with Gasteiger partial charge in [0, 0.05) is 0 Å². The van der Waals surface area contributed by atoms with Crippen LogP contribution in [0.1, 0.15) is 11.6 Å². The molecule has 0 spiro atoms. The molecule has 0 saturated carbocycles. The van der Waals surface area contributed by atoms with Crippen LogP contribution < -0.4 is 5.73 Å². The van der Waals surface area contributed by atoms with Crippen LogP contribution in [0.5, 0.6) is 0 Å². The highest BCUT2D eigenvalue weighted by molar-refractivity contribution is 6.42. The average Bonchev–Trinajstić information content (AvgIpc) is 2.20. The van der Waals surface area contributed by atoms with Crippen LogP contribution in [0.4, 0.5) is 0 Å². The summed E-state index contributed by atoms with van der Waals surface area (Å²) in [5.41, 5.74) is 6.17. The Labute approximate surface area is 104 Å². The normalized spacial score (nSPS) is 11.5. The van der Waals surface area contributed by atoms with Crippen LogP contribution in [0.3, 0.4) is 0 Å². The van der Waals surface area contributed by atoms with E-state index in [1.807, 2.05) is 0 Å². The number of benzene rings is 1. The number of nitrogens with two attached hydrogens (primary N) is 1. The Kier molecular flexibility index (Phi) is 5.98. The third-order valence-corrected chi connectivity index (χ3v) is 2.50. The van der Waals surface area contributed by atoms with E-state index in [4.69, 9.17) is 28.9 Å². The Bertz CT molecular complexity index is 357. The molecule has 0 heterocycles. The lowest BCUT2D eigenvalue weighted by atomic mass is 10.1. The quantitative estimate of drug-likeness (QED) is 0.841. The smallest absolute Gasteiger partial charge is 0.327 e. The van der Waals surface area contributed by atoms with Crippen molar-refractivity contribution in [3.8, 4) is 0 Å². The molecule has 15 heavy (non-hydrogen) atoms. The van der Waals surface area contributed by atoms with Gasteiger partial charge >= 0.3 is 5.97 Å². The van der Waals surface area contributed by atoms with Crippen molar-refractivity contribution in [1.29, 1.82) is 0 Å². The molecule has 1 rings (SSSR count). The van der Waals surface area contributed by atoms with E-state index in [0.717, 1.165) is 0 Å². The van der Waals surface area contributed by atoms with Crippen molar-refractivity contribution < 1.29 is 9.53 Å². The summed E-state index contributed by atoms with van der Waals surface area (Å²) in [5, 5.41) is 0.788. The number of carbonyl (C=O) groups excluding carboxylic acids is 1. The van der Waals surface area contributed by atoms with Crippen molar-refractivity contribution in [3.63, 3.8) is 0 Å². The van der Waals surface area contributed by atoms with Crippen molar-refractivity contribution in [2.24, 2.45) is 5.73 Å². The molecule has 6 heteroatoms. The number of carbonyl (C=O) groups is 1. The lowest BCUT2D eigenvalue weighted by Gasteiger charge is -2.09. The van der Waals surface area contributed by atoms with Gasteiger partial charge in [-0.15, -0.1) is 12.4 Å². The lowest BCUT2D eigenvalue weighted by molar-refractivity contribution is -0.142. The zero-order valence-corrected chi connectivity index (χ0v) is 10.2. The Hall–Kier alpha value is -0.480. The van der Waals surface area contributed by atoms with Gasteiger partial charge in [-0.2, -0.15) is 0 Å². The molecule has 1 aromatic carbocycles. The first-order valence-corrected chi connectivity index (χ1v) is 4.60. The van der Waals surface area contributed by atoms with Crippen LogP contribution in [-0.2, 0) is 9.53 Å². The van der Waals surface area contributed by atoms with Crippen molar-refractivity contribution in [2.45, 2.75) is 6.04 Å². The maximum Gasteiger partial charge on any atom is 0.327 e. The molecular weight excluding hydrogens is 260 g/mol. The molecule has 0 aliphatic heterocycles. The molecule has 2 N–H and O–H groups in total. The molecule has 0 aromatic heterocycles. The van der Waals surface area contributed by atoms with Crippen molar-refractivity contribution in [3.05, 3.63) is 33.8 Å². The lowest BCUT2D eigenvalue weighted by Crippen LogP contribution is -2.22. The topological polar surface area (TPSA) is 52.3 Å². The third kappa shape index (κ3) is 3.54. The van der Waals surface area contributed by atoms with E-state index in [0.29, 0.717) is 15.6 Å². The molecule has 0 aliphatic rings. The first kappa shape index (κ1) is 14.5. The van der Waals surface area contributed by atoms with E-state index in [1.165, 1.54) is 7.11 Å². The van der Waals surface area contributed by atoms with E-state index in [9.17, 15) is 4.79 Å². The van der Waals surface area contributed by atoms with Gasteiger partial charge in [0.15, 0.2) is 0 Å². The Morgan fingerprint density at radius 2 is 2.00 bits per heavy atom. The average molecular weight is 271 g/mol. The Balaban J connectivity index is 0.00000196. The van der Waals surface area contributed by atoms with Gasteiger partial charge in [0.1, 0.15) is 6.04 Å². The van der Waals surface area contributed by atoms with Gasteiger partial charge < -0.3 is 10.5 Å². The summed E-state index contributed by atoms with van der Waals surface area (Å²) in [6.07, 6.45) is 0. The number of halogens is 3. The first-order chi connectivity index (χ1) is 6.56. The molecular formula is C9H10Cl3NO2. The summed E-state index contributed by atoms with van der Waals surface area (Å²) in [6, 6.07) is 3.94. The van der Waals surface area contributed by atoms with Crippen LogP contribution >= 0.6 is 35.6 Å². The van der Waals surface area contributed by atoms with Crippen LogP contribution in [0.15, 0.2) is 18.2 Å². The van der Waals surface area contributed by atoms with Crippen LogP contribution in [-0.4, -0.2) is 13.1 Å². The Morgan fingerprint density at radius 3 is 2.47 bits per heavy atom. The number of esters is 1. The third-order valence-electron chi connectivity index (χ3n) is 1.76. The van der Waals surface area contributed by atoms with Gasteiger partial charge in [-0.3, -0.25) is 4.79 Å². The molecule has 3 nitrogen and oxygen atoms in total. The largest absolute Gasteiger partial charge is 0.468 e.